The van der Waals surface area contributed by atoms with E-state index >= 15 is 0 Å². The third kappa shape index (κ3) is 4.50. The maximum absolute atomic E-state index is 13.0. The summed E-state index contributed by atoms with van der Waals surface area (Å²) < 4.78 is 64.4. The van der Waals surface area contributed by atoms with Crippen molar-refractivity contribution in [3.8, 4) is 0 Å². The molecule has 0 spiro atoms. The van der Waals surface area contributed by atoms with Crippen molar-refractivity contribution in [2.75, 3.05) is 5.75 Å². The van der Waals surface area contributed by atoms with Crippen molar-refractivity contribution in [3.05, 3.63) is 35.1 Å². The lowest BCUT2D eigenvalue weighted by Crippen LogP contribution is -2.29. The molecule has 7 heteroatoms. The topological polar surface area (TPSA) is 46.2 Å². The zero-order valence-electron chi connectivity index (χ0n) is 10.7. The molecule has 0 aliphatic carbocycles. The predicted molar refractivity (Wildman–Crippen MR) is 66.6 cm³/mol. The number of benzene rings is 1. The van der Waals surface area contributed by atoms with Crippen LogP contribution in [0.1, 0.15) is 38.3 Å². The van der Waals surface area contributed by atoms with Gasteiger partial charge in [0.15, 0.2) is 17.5 Å². The second-order valence-electron chi connectivity index (χ2n) is 4.31. The molecule has 3 nitrogen and oxygen atoms in total. The molecular weight excluding hydrogens is 279 g/mol. The minimum atomic E-state index is -3.52. The summed E-state index contributed by atoms with van der Waals surface area (Å²) >= 11 is 0. The number of nitrogens with one attached hydrogen (secondary N) is 1. The lowest BCUT2D eigenvalue weighted by atomic mass is 10.1. The molecule has 0 heterocycles. The largest absolute Gasteiger partial charge is 0.212 e. The van der Waals surface area contributed by atoms with Gasteiger partial charge in [-0.25, -0.2) is 26.3 Å². The number of hydrogen-bond donors (Lipinski definition) is 1. The Labute approximate surface area is 110 Å². The number of rotatable bonds is 6. The van der Waals surface area contributed by atoms with Gasteiger partial charge in [-0.1, -0.05) is 13.3 Å². The monoisotopic (exact) mass is 295 g/mol. The van der Waals surface area contributed by atoms with Crippen LogP contribution in [0, 0.1) is 17.5 Å². The van der Waals surface area contributed by atoms with Crippen LogP contribution in [0.2, 0.25) is 0 Å². The minimum absolute atomic E-state index is 0.0384. The van der Waals surface area contributed by atoms with Gasteiger partial charge in [0.25, 0.3) is 0 Å². The van der Waals surface area contributed by atoms with Crippen LogP contribution in [0.3, 0.4) is 0 Å². The summed E-state index contributed by atoms with van der Waals surface area (Å²) in [6, 6.07) is 0.739. The Morgan fingerprint density at radius 2 is 1.74 bits per heavy atom. The average Bonchev–Trinajstić information content (AvgIpc) is 2.32. The van der Waals surface area contributed by atoms with Crippen molar-refractivity contribution >= 4 is 10.0 Å². The number of halogens is 3. The summed E-state index contributed by atoms with van der Waals surface area (Å²) in [5.41, 5.74) is 0.0384. The fourth-order valence-electron chi connectivity index (χ4n) is 1.56. The third-order valence-electron chi connectivity index (χ3n) is 2.63. The molecular formula is C12H16F3NO2S. The summed E-state index contributed by atoms with van der Waals surface area (Å²) in [4.78, 5) is 0. The lowest BCUT2D eigenvalue weighted by molar-refractivity contribution is 0.443. The molecule has 1 aromatic rings. The smallest absolute Gasteiger partial charge is 0.212 e. The van der Waals surface area contributed by atoms with Gasteiger partial charge in [-0.2, -0.15) is 0 Å². The minimum Gasteiger partial charge on any atom is -0.212 e. The highest BCUT2D eigenvalue weighted by atomic mass is 32.2. The van der Waals surface area contributed by atoms with Crippen molar-refractivity contribution in [2.24, 2.45) is 0 Å². The molecule has 0 aliphatic heterocycles. The van der Waals surface area contributed by atoms with Gasteiger partial charge in [-0.3, -0.25) is 0 Å². The number of unbranched alkanes of at least 4 members (excludes halogenated alkanes) is 1. The summed E-state index contributed by atoms with van der Waals surface area (Å²) in [5, 5.41) is 0. The van der Waals surface area contributed by atoms with Crippen LogP contribution in [0.15, 0.2) is 12.1 Å². The van der Waals surface area contributed by atoms with Gasteiger partial charge in [0.05, 0.1) is 5.75 Å². The fraction of sp³-hybridized carbons (Fsp3) is 0.500. The molecule has 108 valence electrons. The molecule has 19 heavy (non-hydrogen) atoms. The van der Waals surface area contributed by atoms with E-state index in [0.29, 0.717) is 6.42 Å². The Kier molecular flexibility index (Phi) is 5.37. The highest BCUT2D eigenvalue weighted by Gasteiger charge is 2.18. The number of hydrogen-bond acceptors (Lipinski definition) is 2. The molecule has 0 radical (unpaired) electrons. The van der Waals surface area contributed by atoms with E-state index in [4.69, 9.17) is 0 Å². The van der Waals surface area contributed by atoms with Crippen LogP contribution in [0.4, 0.5) is 13.2 Å². The molecule has 0 aliphatic rings. The van der Waals surface area contributed by atoms with Crippen molar-refractivity contribution in [1.82, 2.24) is 4.72 Å². The molecule has 0 saturated carbocycles. The van der Waals surface area contributed by atoms with Gasteiger partial charge < -0.3 is 0 Å². The molecule has 1 aromatic carbocycles. The first-order valence-electron chi connectivity index (χ1n) is 5.91. The zero-order valence-corrected chi connectivity index (χ0v) is 11.5. The highest BCUT2D eigenvalue weighted by Crippen LogP contribution is 2.19. The average molecular weight is 295 g/mol. The third-order valence-corrected chi connectivity index (χ3v) is 4.17. The van der Waals surface area contributed by atoms with E-state index in [1.54, 1.807) is 0 Å². The Balaban J connectivity index is 2.87. The Bertz CT molecular complexity index is 523. The molecule has 1 N–H and O–H groups in total. The first-order valence-corrected chi connectivity index (χ1v) is 7.56. The fourth-order valence-corrected chi connectivity index (χ4v) is 3.02. The highest BCUT2D eigenvalue weighted by molar-refractivity contribution is 7.89. The van der Waals surface area contributed by atoms with E-state index in [-0.39, 0.29) is 11.3 Å². The summed E-state index contributed by atoms with van der Waals surface area (Å²) in [6.07, 6.45) is 1.21. The van der Waals surface area contributed by atoms with E-state index in [9.17, 15) is 21.6 Å². The summed E-state index contributed by atoms with van der Waals surface area (Å²) in [6.45, 7) is 3.29. The maximum Gasteiger partial charge on any atom is 0.212 e. The molecule has 1 atom stereocenters. The summed E-state index contributed by atoms with van der Waals surface area (Å²) in [5.74, 6) is -4.30. The second-order valence-corrected chi connectivity index (χ2v) is 6.18. The molecule has 0 aromatic heterocycles. The van der Waals surface area contributed by atoms with Crippen molar-refractivity contribution < 1.29 is 21.6 Å². The maximum atomic E-state index is 13.0. The lowest BCUT2D eigenvalue weighted by Gasteiger charge is -2.15. The first-order chi connectivity index (χ1) is 8.76. The van der Waals surface area contributed by atoms with Gasteiger partial charge in [0.2, 0.25) is 10.0 Å². The Morgan fingerprint density at radius 1 is 1.21 bits per heavy atom. The SMILES string of the molecule is CCCCS(=O)(=O)N[C@H](C)c1cc(F)c(F)c(F)c1. The molecule has 0 saturated heterocycles. The van der Waals surface area contributed by atoms with E-state index in [1.807, 2.05) is 6.92 Å². The van der Waals surface area contributed by atoms with Crippen LogP contribution in [-0.4, -0.2) is 14.2 Å². The normalized spacial score (nSPS) is 13.5. The number of sulfonamides is 1. The van der Waals surface area contributed by atoms with Crippen LogP contribution in [0.25, 0.3) is 0 Å². The zero-order chi connectivity index (χ0) is 14.6. The van der Waals surface area contributed by atoms with Gasteiger partial charge in [0, 0.05) is 6.04 Å². The quantitative estimate of drug-likeness (QED) is 0.820. The molecule has 1 rings (SSSR count). The molecule has 0 unspecified atom stereocenters. The van der Waals surface area contributed by atoms with E-state index in [1.165, 1.54) is 6.92 Å². The van der Waals surface area contributed by atoms with Crippen LogP contribution < -0.4 is 4.72 Å². The van der Waals surface area contributed by atoms with Gasteiger partial charge in [0.1, 0.15) is 0 Å². The molecule has 0 fully saturated rings. The van der Waals surface area contributed by atoms with Crippen LogP contribution in [0.5, 0.6) is 0 Å². The van der Waals surface area contributed by atoms with Crippen molar-refractivity contribution in [1.29, 1.82) is 0 Å². The predicted octanol–water partition coefficient (Wildman–Crippen LogP) is 2.88. The van der Waals surface area contributed by atoms with Gasteiger partial charge in [-0.05, 0) is 31.0 Å². The van der Waals surface area contributed by atoms with E-state index in [2.05, 4.69) is 4.72 Å². The Hall–Kier alpha value is -1.08. The summed E-state index contributed by atoms with van der Waals surface area (Å²) in [7, 11) is -3.52. The van der Waals surface area contributed by atoms with E-state index in [0.717, 1.165) is 18.6 Å². The first kappa shape index (κ1) is 16.0. The van der Waals surface area contributed by atoms with Gasteiger partial charge in [-0.15, -0.1) is 0 Å². The Morgan fingerprint density at radius 3 is 2.21 bits per heavy atom. The standard InChI is InChI=1S/C12H16F3NO2S/c1-3-4-5-19(17,18)16-8(2)9-6-10(13)12(15)11(14)7-9/h6-8,16H,3-5H2,1-2H3/t8-/m1/s1. The van der Waals surface area contributed by atoms with Gasteiger partial charge >= 0.3 is 0 Å². The van der Waals surface area contributed by atoms with Crippen LogP contribution >= 0.6 is 0 Å². The van der Waals surface area contributed by atoms with E-state index < -0.39 is 33.5 Å². The van der Waals surface area contributed by atoms with Crippen molar-refractivity contribution in [2.45, 2.75) is 32.7 Å². The van der Waals surface area contributed by atoms with Crippen LogP contribution in [-0.2, 0) is 10.0 Å². The van der Waals surface area contributed by atoms with Crippen molar-refractivity contribution in [3.63, 3.8) is 0 Å². The second kappa shape index (κ2) is 6.38. The molecule has 0 amide bonds. The molecule has 0 bridgehead atoms.